The van der Waals surface area contributed by atoms with Crippen LogP contribution in [0.15, 0.2) is 0 Å². The number of hydrogen-bond donors (Lipinski definition) is 2. The highest BCUT2D eigenvalue weighted by Crippen LogP contribution is 2.41. The molecule has 2 rings (SSSR count). The number of carbonyl (C=O) groups is 1. The molecular weight excluding hydrogens is 256 g/mol. The molecule has 1 heterocycles. The normalized spacial score (nSPS) is 26.1. The summed E-state index contributed by atoms with van der Waals surface area (Å²) in [6.45, 7) is 9.85. The van der Waals surface area contributed by atoms with Crippen LogP contribution in [-0.4, -0.2) is 59.9 Å². The minimum absolute atomic E-state index is 0.184. The van der Waals surface area contributed by atoms with E-state index in [9.17, 15) is 9.90 Å². The molecule has 2 fully saturated rings. The van der Waals surface area contributed by atoms with Gasteiger partial charge in [-0.1, -0.05) is 6.92 Å². The van der Waals surface area contributed by atoms with Gasteiger partial charge in [-0.05, 0) is 45.6 Å². The van der Waals surface area contributed by atoms with Crippen molar-refractivity contribution in [2.45, 2.75) is 51.2 Å². The summed E-state index contributed by atoms with van der Waals surface area (Å²) in [6, 6.07) is 0. The van der Waals surface area contributed by atoms with E-state index in [2.05, 4.69) is 31.0 Å². The molecule has 0 aromatic rings. The van der Waals surface area contributed by atoms with E-state index in [4.69, 9.17) is 4.74 Å². The first kappa shape index (κ1) is 15.7. The number of rotatable bonds is 7. The smallest absolute Gasteiger partial charge is 0.325 e. The van der Waals surface area contributed by atoms with Gasteiger partial charge < -0.3 is 15.2 Å². The molecule has 2 N–H and O–H groups in total. The van der Waals surface area contributed by atoms with Gasteiger partial charge >= 0.3 is 5.97 Å². The van der Waals surface area contributed by atoms with E-state index < -0.39 is 11.5 Å². The fourth-order valence-electron chi connectivity index (χ4n) is 3.17. The van der Waals surface area contributed by atoms with Gasteiger partial charge in [0.05, 0.1) is 12.2 Å². The van der Waals surface area contributed by atoms with Crippen molar-refractivity contribution >= 4 is 5.97 Å². The second-order valence-electron chi connectivity index (χ2n) is 6.80. The van der Waals surface area contributed by atoms with Crippen LogP contribution in [0.3, 0.4) is 0 Å². The van der Waals surface area contributed by atoms with E-state index in [0.717, 1.165) is 38.9 Å². The van der Waals surface area contributed by atoms with Gasteiger partial charge in [0.15, 0.2) is 0 Å². The predicted octanol–water partition coefficient (Wildman–Crippen LogP) is 1.33. The highest BCUT2D eigenvalue weighted by Gasteiger charge is 2.52. The van der Waals surface area contributed by atoms with E-state index >= 15 is 0 Å². The lowest BCUT2D eigenvalue weighted by molar-refractivity contribution is -0.149. The Morgan fingerprint density at radius 1 is 1.50 bits per heavy atom. The van der Waals surface area contributed by atoms with Crippen LogP contribution in [0, 0.1) is 5.92 Å². The molecule has 1 saturated heterocycles. The first-order valence-electron chi connectivity index (χ1n) is 7.74. The summed E-state index contributed by atoms with van der Waals surface area (Å²) in [7, 11) is 0. The van der Waals surface area contributed by atoms with Crippen LogP contribution < -0.4 is 5.32 Å². The first-order chi connectivity index (χ1) is 9.39. The van der Waals surface area contributed by atoms with E-state index in [0.29, 0.717) is 13.2 Å². The molecule has 5 heteroatoms. The first-order valence-corrected chi connectivity index (χ1v) is 7.74. The summed E-state index contributed by atoms with van der Waals surface area (Å²) < 4.78 is 5.72. The van der Waals surface area contributed by atoms with Gasteiger partial charge in [-0.2, -0.15) is 0 Å². The minimum Gasteiger partial charge on any atom is -0.480 e. The van der Waals surface area contributed by atoms with Crippen LogP contribution in [0.5, 0.6) is 0 Å². The van der Waals surface area contributed by atoms with Crippen LogP contribution in [0.2, 0.25) is 0 Å². The molecule has 1 saturated carbocycles. The molecule has 1 atom stereocenters. The van der Waals surface area contributed by atoms with Gasteiger partial charge in [0, 0.05) is 19.6 Å². The number of carboxylic acids is 1. The Hall–Kier alpha value is -0.650. The third kappa shape index (κ3) is 3.51. The summed E-state index contributed by atoms with van der Waals surface area (Å²) in [4.78, 5) is 14.2. The van der Waals surface area contributed by atoms with Gasteiger partial charge in [-0.3, -0.25) is 9.69 Å². The van der Waals surface area contributed by atoms with Gasteiger partial charge in [-0.15, -0.1) is 0 Å². The maximum atomic E-state index is 11.9. The second-order valence-corrected chi connectivity index (χ2v) is 6.80. The molecule has 20 heavy (non-hydrogen) atoms. The molecule has 2 aliphatic rings. The van der Waals surface area contributed by atoms with Crippen LogP contribution in [0.25, 0.3) is 0 Å². The molecule has 116 valence electrons. The molecule has 0 aromatic carbocycles. The van der Waals surface area contributed by atoms with Crippen LogP contribution in [0.1, 0.15) is 40.0 Å². The van der Waals surface area contributed by atoms with Crippen molar-refractivity contribution in [1.29, 1.82) is 0 Å². The van der Waals surface area contributed by atoms with Crippen molar-refractivity contribution in [2.24, 2.45) is 5.92 Å². The molecule has 1 unspecified atom stereocenters. The highest BCUT2D eigenvalue weighted by molar-refractivity contribution is 5.80. The molecule has 1 aliphatic carbocycles. The van der Waals surface area contributed by atoms with Gasteiger partial charge in [0.25, 0.3) is 0 Å². The summed E-state index contributed by atoms with van der Waals surface area (Å²) in [5.41, 5.74) is -0.958. The van der Waals surface area contributed by atoms with Gasteiger partial charge in [0.1, 0.15) is 5.54 Å². The van der Waals surface area contributed by atoms with Crippen molar-refractivity contribution in [3.05, 3.63) is 0 Å². The van der Waals surface area contributed by atoms with Crippen molar-refractivity contribution in [2.75, 3.05) is 32.8 Å². The summed E-state index contributed by atoms with van der Waals surface area (Å²) in [6.07, 6.45) is 3.00. The number of nitrogens with zero attached hydrogens (tertiary/aromatic N) is 1. The predicted molar refractivity (Wildman–Crippen MR) is 77.9 cm³/mol. The third-order valence-corrected chi connectivity index (χ3v) is 4.32. The van der Waals surface area contributed by atoms with Gasteiger partial charge in [-0.25, -0.2) is 0 Å². The third-order valence-electron chi connectivity index (χ3n) is 4.32. The lowest BCUT2D eigenvalue weighted by atomic mass is 9.91. The fraction of sp³-hybridized carbons (Fsp3) is 0.933. The Morgan fingerprint density at radius 3 is 2.70 bits per heavy atom. The molecule has 0 spiro atoms. The monoisotopic (exact) mass is 284 g/mol. The molecule has 1 aliphatic heterocycles. The average molecular weight is 284 g/mol. The quantitative estimate of drug-likeness (QED) is 0.738. The second kappa shape index (κ2) is 6.00. The zero-order valence-corrected chi connectivity index (χ0v) is 12.9. The number of nitrogens with one attached hydrogen (secondary N) is 1. The molecule has 0 radical (unpaired) electrons. The van der Waals surface area contributed by atoms with E-state index in [1.807, 2.05) is 0 Å². The summed E-state index contributed by atoms with van der Waals surface area (Å²) in [5.74, 6) is -0.421. The molecule has 0 amide bonds. The van der Waals surface area contributed by atoms with Crippen LogP contribution >= 0.6 is 0 Å². The summed E-state index contributed by atoms with van der Waals surface area (Å²) >= 11 is 0. The average Bonchev–Trinajstić information content (AvgIpc) is 3.17. The summed E-state index contributed by atoms with van der Waals surface area (Å²) in [5, 5.41) is 13.1. The number of aliphatic carboxylic acids is 1. The highest BCUT2D eigenvalue weighted by atomic mass is 16.5. The topological polar surface area (TPSA) is 61.8 Å². The van der Waals surface area contributed by atoms with Crippen molar-refractivity contribution < 1.29 is 14.6 Å². The van der Waals surface area contributed by atoms with Crippen molar-refractivity contribution in [1.82, 2.24) is 10.2 Å². The van der Waals surface area contributed by atoms with E-state index in [1.165, 1.54) is 0 Å². The lowest BCUT2D eigenvalue weighted by Crippen LogP contribution is -2.63. The number of morpholine rings is 1. The largest absolute Gasteiger partial charge is 0.480 e. The Morgan fingerprint density at radius 2 is 2.20 bits per heavy atom. The maximum absolute atomic E-state index is 11.9. The Labute approximate surface area is 121 Å². The Balaban J connectivity index is 2.08. The maximum Gasteiger partial charge on any atom is 0.325 e. The molecule has 5 nitrogen and oxygen atoms in total. The van der Waals surface area contributed by atoms with Crippen LogP contribution in [0.4, 0.5) is 0 Å². The Kier molecular flexibility index (Phi) is 4.72. The zero-order chi connectivity index (χ0) is 14.8. The van der Waals surface area contributed by atoms with Crippen molar-refractivity contribution in [3.8, 4) is 0 Å². The SMILES string of the molecule is CCCNC(CN1CCOC(C)(C)C1)(C(=O)O)C1CC1. The standard InChI is InChI=1S/C15H28N2O3/c1-4-7-16-15(13(18)19,12-5-6-12)11-17-8-9-20-14(2,3)10-17/h12,16H,4-11H2,1-3H3,(H,18,19). The van der Waals surface area contributed by atoms with Crippen molar-refractivity contribution in [3.63, 3.8) is 0 Å². The molecule has 0 aromatic heterocycles. The lowest BCUT2D eigenvalue weighted by Gasteiger charge is -2.42. The van der Waals surface area contributed by atoms with E-state index in [1.54, 1.807) is 0 Å². The zero-order valence-electron chi connectivity index (χ0n) is 12.9. The van der Waals surface area contributed by atoms with Crippen LogP contribution in [-0.2, 0) is 9.53 Å². The number of carboxylic acid groups (broad SMARTS) is 1. The fourth-order valence-corrected chi connectivity index (χ4v) is 3.17. The van der Waals surface area contributed by atoms with Gasteiger partial charge in [0.2, 0.25) is 0 Å². The minimum atomic E-state index is -0.774. The molecular formula is C15H28N2O3. The van der Waals surface area contributed by atoms with E-state index in [-0.39, 0.29) is 11.5 Å². The number of ether oxygens (including phenoxy) is 1. The number of hydrogen-bond acceptors (Lipinski definition) is 4. The molecule has 0 bridgehead atoms. The Bertz CT molecular complexity index is 355.